The van der Waals surface area contributed by atoms with Gasteiger partial charge in [-0.1, -0.05) is 0 Å². The quantitative estimate of drug-likeness (QED) is 0.925. The molecule has 1 aromatic carbocycles. The number of amides is 1. The Morgan fingerprint density at radius 1 is 1.24 bits per heavy atom. The maximum absolute atomic E-state index is 12.6. The molecule has 1 aromatic rings. The van der Waals surface area contributed by atoms with Gasteiger partial charge in [0.25, 0.3) is 5.91 Å². The second-order valence-electron chi connectivity index (χ2n) is 5.98. The molecule has 0 spiro atoms. The summed E-state index contributed by atoms with van der Waals surface area (Å²) in [6, 6.07) is 6.50. The Bertz CT molecular complexity index is 491. The van der Waals surface area contributed by atoms with E-state index in [4.69, 9.17) is 0 Å². The Morgan fingerprint density at radius 3 is 2.43 bits per heavy atom. The van der Waals surface area contributed by atoms with Gasteiger partial charge in [0.1, 0.15) is 0 Å². The molecule has 0 radical (unpaired) electrons. The molecule has 116 valence electrons. The lowest BCUT2D eigenvalue weighted by Gasteiger charge is -2.37. The number of piperazine rings is 1. The van der Waals surface area contributed by atoms with Crippen molar-refractivity contribution in [3.8, 4) is 0 Å². The van der Waals surface area contributed by atoms with Crippen molar-refractivity contribution < 1.29 is 4.79 Å². The molecule has 0 bridgehead atoms. The van der Waals surface area contributed by atoms with Gasteiger partial charge in [0, 0.05) is 50.0 Å². The van der Waals surface area contributed by atoms with Crippen LogP contribution in [-0.4, -0.2) is 54.5 Å². The summed E-state index contributed by atoms with van der Waals surface area (Å²) in [7, 11) is 0. The molecular formula is C17H27N3O. The third kappa shape index (κ3) is 3.76. The Balaban J connectivity index is 2.02. The summed E-state index contributed by atoms with van der Waals surface area (Å²) in [5.74, 6) is 0.157. The first-order valence-electron chi connectivity index (χ1n) is 7.90. The summed E-state index contributed by atoms with van der Waals surface area (Å²) in [5, 5.41) is 3.31. The van der Waals surface area contributed by atoms with E-state index in [1.54, 1.807) is 0 Å². The molecule has 0 aliphatic carbocycles. The predicted molar refractivity (Wildman–Crippen MR) is 88.0 cm³/mol. The van der Waals surface area contributed by atoms with Gasteiger partial charge >= 0.3 is 0 Å². The fourth-order valence-corrected chi connectivity index (χ4v) is 2.81. The fourth-order valence-electron chi connectivity index (χ4n) is 2.81. The molecule has 1 aliphatic rings. The van der Waals surface area contributed by atoms with Crippen LogP contribution in [0.5, 0.6) is 0 Å². The fraction of sp³-hybridized carbons (Fsp3) is 0.588. The zero-order valence-corrected chi connectivity index (χ0v) is 13.6. The van der Waals surface area contributed by atoms with Crippen molar-refractivity contribution in [2.45, 2.75) is 33.7 Å². The minimum absolute atomic E-state index is 0.157. The summed E-state index contributed by atoms with van der Waals surface area (Å²) in [6.07, 6.45) is 0. The number of hydrogen-bond acceptors (Lipinski definition) is 3. The molecule has 4 nitrogen and oxygen atoms in total. The van der Waals surface area contributed by atoms with Gasteiger partial charge < -0.3 is 10.2 Å². The molecule has 1 aliphatic heterocycles. The van der Waals surface area contributed by atoms with Gasteiger partial charge in [-0.3, -0.25) is 9.69 Å². The van der Waals surface area contributed by atoms with Crippen molar-refractivity contribution in [1.29, 1.82) is 0 Å². The number of aryl methyl sites for hydroxylation is 1. The molecule has 1 heterocycles. The second kappa shape index (κ2) is 6.94. The monoisotopic (exact) mass is 289 g/mol. The number of carbonyl (C=O) groups excluding carboxylic acids is 1. The summed E-state index contributed by atoms with van der Waals surface area (Å²) >= 11 is 0. The van der Waals surface area contributed by atoms with Crippen molar-refractivity contribution in [3.63, 3.8) is 0 Å². The van der Waals surface area contributed by atoms with Crippen LogP contribution in [0.4, 0.5) is 5.69 Å². The van der Waals surface area contributed by atoms with Crippen molar-refractivity contribution in [2.75, 3.05) is 38.0 Å². The van der Waals surface area contributed by atoms with E-state index in [9.17, 15) is 4.79 Å². The highest BCUT2D eigenvalue weighted by Crippen LogP contribution is 2.18. The van der Waals surface area contributed by atoms with Crippen molar-refractivity contribution in [1.82, 2.24) is 9.80 Å². The molecule has 1 N–H and O–H groups in total. The van der Waals surface area contributed by atoms with Crippen LogP contribution in [0.1, 0.15) is 36.7 Å². The number of nitrogens with zero attached hydrogens (tertiary/aromatic N) is 2. The van der Waals surface area contributed by atoms with Crippen LogP contribution in [0.2, 0.25) is 0 Å². The molecule has 4 heteroatoms. The molecule has 0 saturated carbocycles. The van der Waals surface area contributed by atoms with Crippen molar-refractivity contribution >= 4 is 11.6 Å². The molecule has 21 heavy (non-hydrogen) atoms. The average Bonchev–Trinajstić information content (AvgIpc) is 2.49. The van der Waals surface area contributed by atoms with Crippen LogP contribution in [0.3, 0.4) is 0 Å². The number of nitrogens with one attached hydrogen (secondary N) is 1. The van der Waals surface area contributed by atoms with Crippen molar-refractivity contribution in [3.05, 3.63) is 29.3 Å². The highest BCUT2D eigenvalue weighted by molar-refractivity contribution is 5.95. The first-order chi connectivity index (χ1) is 10.0. The SMILES string of the molecule is CCNc1ccc(C(=O)N2CCN(C(C)C)CC2)cc1C. The molecule has 0 atom stereocenters. The molecule has 1 fully saturated rings. The van der Waals surface area contributed by atoms with E-state index >= 15 is 0 Å². The number of rotatable bonds is 4. The van der Waals surface area contributed by atoms with Gasteiger partial charge in [-0.25, -0.2) is 0 Å². The lowest BCUT2D eigenvalue weighted by atomic mass is 10.1. The summed E-state index contributed by atoms with van der Waals surface area (Å²) in [5.41, 5.74) is 3.04. The lowest BCUT2D eigenvalue weighted by Crippen LogP contribution is -2.50. The highest BCUT2D eigenvalue weighted by Gasteiger charge is 2.23. The lowest BCUT2D eigenvalue weighted by molar-refractivity contribution is 0.0595. The van der Waals surface area contributed by atoms with Gasteiger partial charge in [-0.2, -0.15) is 0 Å². The Hall–Kier alpha value is -1.55. The smallest absolute Gasteiger partial charge is 0.253 e. The summed E-state index contributed by atoms with van der Waals surface area (Å²) < 4.78 is 0. The average molecular weight is 289 g/mol. The number of benzene rings is 1. The third-order valence-corrected chi connectivity index (χ3v) is 4.17. The van der Waals surface area contributed by atoms with E-state index in [0.717, 1.165) is 49.5 Å². The molecular weight excluding hydrogens is 262 g/mol. The minimum atomic E-state index is 0.157. The first kappa shape index (κ1) is 15.8. The standard InChI is InChI=1S/C17H27N3O/c1-5-18-16-7-6-15(12-14(16)4)17(21)20-10-8-19(9-11-20)13(2)3/h6-7,12-13,18H,5,8-11H2,1-4H3. The summed E-state index contributed by atoms with van der Waals surface area (Å²) in [4.78, 5) is 17.0. The van der Waals surface area contributed by atoms with E-state index in [2.05, 4.69) is 31.0 Å². The van der Waals surface area contributed by atoms with Crippen LogP contribution in [0.15, 0.2) is 18.2 Å². The maximum Gasteiger partial charge on any atom is 0.253 e. The molecule has 2 rings (SSSR count). The van der Waals surface area contributed by atoms with Crippen LogP contribution in [-0.2, 0) is 0 Å². The third-order valence-electron chi connectivity index (χ3n) is 4.17. The highest BCUT2D eigenvalue weighted by atomic mass is 16.2. The van der Waals surface area contributed by atoms with Crippen molar-refractivity contribution in [2.24, 2.45) is 0 Å². The van der Waals surface area contributed by atoms with Gasteiger partial charge in [0.2, 0.25) is 0 Å². The number of carbonyl (C=O) groups is 1. The predicted octanol–water partition coefficient (Wildman–Crippen LogP) is 2.59. The molecule has 1 saturated heterocycles. The summed E-state index contributed by atoms with van der Waals surface area (Å²) in [6.45, 7) is 13.0. The molecule has 1 amide bonds. The Labute approximate surface area is 128 Å². The van der Waals surface area contributed by atoms with Gasteiger partial charge in [-0.05, 0) is 51.5 Å². The second-order valence-corrected chi connectivity index (χ2v) is 5.98. The number of anilines is 1. The zero-order valence-electron chi connectivity index (χ0n) is 13.6. The van der Waals surface area contributed by atoms with Crippen LogP contribution < -0.4 is 5.32 Å². The molecule has 0 unspecified atom stereocenters. The maximum atomic E-state index is 12.6. The van der Waals surface area contributed by atoms with E-state index in [-0.39, 0.29) is 5.91 Å². The Morgan fingerprint density at radius 2 is 1.90 bits per heavy atom. The topological polar surface area (TPSA) is 35.6 Å². The van der Waals surface area contributed by atoms with Crippen LogP contribution in [0.25, 0.3) is 0 Å². The number of hydrogen-bond donors (Lipinski definition) is 1. The Kier molecular flexibility index (Phi) is 5.23. The van der Waals surface area contributed by atoms with E-state index in [1.165, 1.54) is 0 Å². The normalized spacial score (nSPS) is 16.3. The van der Waals surface area contributed by atoms with E-state index in [1.807, 2.05) is 30.0 Å². The molecule has 0 aromatic heterocycles. The zero-order chi connectivity index (χ0) is 15.4. The van der Waals surface area contributed by atoms with E-state index < -0.39 is 0 Å². The first-order valence-corrected chi connectivity index (χ1v) is 7.90. The minimum Gasteiger partial charge on any atom is -0.385 e. The van der Waals surface area contributed by atoms with Crippen LogP contribution >= 0.6 is 0 Å². The van der Waals surface area contributed by atoms with Gasteiger partial charge in [0.15, 0.2) is 0 Å². The van der Waals surface area contributed by atoms with Gasteiger partial charge in [0.05, 0.1) is 0 Å². The van der Waals surface area contributed by atoms with Gasteiger partial charge in [-0.15, -0.1) is 0 Å². The largest absolute Gasteiger partial charge is 0.385 e. The van der Waals surface area contributed by atoms with Crippen LogP contribution in [0, 0.1) is 6.92 Å². The van der Waals surface area contributed by atoms with E-state index in [0.29, 0.717) is 6.04 Å².